The Balaban J connectivity index is 1.90. The fraction of sp³-hybridized carbons (Fsp3) is 0.857. The molecule has 0 bridgehead atoms. The number of fused-ring (bicyclic) bond motifs is 1. The summed E-state index contributed by atoms with van der Waals surface area (Å²) >= 11 is 0. The first-order chi connectivity index (χ1) is 9.08. The van der Waals surface area contributed by atoms with E-state index in [2.05, 4.69) is 5.32 Å². The number of nitrogens with zero attached hydrogens (tertiary/aromatic N) is 1. The molecule has 0 aromatic carbocycles. The van der Waals surface area contributed by atoms with Crippen LogP contribution in [-0.2, 0) is 4.74 Å². The third-order valence-electron chi connectivity index (χ3n) is 4.08. The molecule has 0 radical (unpaired) electrons. The van der Waals surface area contributed by atoms with Crippen molar-refractivity contribution in [3.05, 3.63) is 0 Å². The van der Waals surface area contributed by atoms with Crippen molar-refractivity contribution in [3.8, 4) is 0 Å². The molecule has 20 heavy (non-hydrogen) atoms. The van der Waals surface area contributed by atoms with Crippen LogP contribution >= 0.6 is 0 Å². The van der Waals surface area contributed by atoms with Gasteiger partial charge in [0, 0.05) is 18.6 Å². The van der Waals surface area contributed by atoms with Gasteiger partial charge in [-0.3, -0.25) is 0 Å². The van der Waals surface area contributed by atoms with Gasteiger partial charge in [0.2, 0.25) is 0 Å². The summed E-state index contributed by atoms with van der Waals surface area (Å²) in [6.07, 6.45) is 0.373. The number of hydrogen-bond donors (Lipinski definition) is 2. The van der Waals surface area contributed by atoms with Crippen molar-refractivity contribution in [3.63, 3.8) is 0 Å². The zero-order valence-electron chi connectivity index (χ0n) is 12.6. The molecule has 0 spiro atoms. The summed E-state index contributed by atoms with van der Waals surface area (Å²) < 4.78 is 5.29. The molecule has 0 unspecified atom stereocenters. The molecule has 1 saturated carbocycles. The predicted molar refractivity (Wildman–Crippen MR) is 73.6 cm³/mol. The minimum Gasteiger partial charge on any atom is -0.465 e. The topological polar surface area (TPSA) is 78.9 Å². The van der Waals surface area contributed by atoms with E-state index >= 15 is 0 Å². The first-order valence-corrected chi connectivity index (χ1v) is 7.07. The van der Waals surface area contributed by atoms with E-state index in [0.29, 0.717) is 24.9 Å². The summed E-state index contributed by atoms with van der Waals surface area (Å²) in [6.45, 7) is 8.67. The van der Waals surface area contributed by atoms with Gasteiger partial charge in [-0.15, -0.1) is 0 Å². The van der Waals surface area contributed by atoms with Gasteiger partial charge in [-0.2, -0.15) is 0 Å². The van der Waals surface area contributed by atoms with Gasteiger partial charge in [0.1, 0.15) is 5.60 Å². The van der Waals surface area contributed by atoms with Crippen LogP contribution in [-0.4, -0.2) is 46.4 Å². The molecular formula is C14H24N2O4. The van der Waals surface area contributed by atoms with Crippen molar-refractivity contribution in [1.82, 2.24) is 10.2 Å². The van der Waals surface area contributed by atoms with Gasteiger partial charge in [0.15, 0.2) is 0 Å². The van der Waals surface area contributed by atoms with E-state index in [1.165, 1.54) is 4.90 Å². The normalized spacial score (nSPS) is 32.9. The van der Waals surface area contributed by atoms with Gasteiger partial charge < -0.3 is 20.1 Å². The van der Waals surface area contributed by atoms with Crippen LogP contribution in [0.1, 0.15) is 40.5 Å². The maximum Gasteiger partial charge on any atom is 0.408 e. The standard InChI is InChI=1S/C14H24N2O4/c1-13(2,3)20-11(17)15-14(4)5-9-7-16(12(18)19)8-10(9)6-14/h9-10H,5-8H2,1-4H3,(H,15,17)(H,18,19)/t9-,10+,14-. The molecule has 6 heteroatoms. The summed E-state index contributed by atoms with van der Waals surface area (Å²) in [5.74, 6) is 0.678. The van der Waals surface area contributed by atoms with Crippen LogP contribution < -0.4 is 5.32 Å². The van der Waals surface area contributed by atoms with Gasteiger partial charge in [0.25, 0.3) is 0 Å². The van der Waals surface area contributed by atoms with Crippen molar-refractivity contribution in [2.75, 3.05) is 13.1 Å². The number of rotatable bonds is 1. The van der Waals surface area contributed by atoms with Gasteiger partial charge >= 0.3 is 12.2 Å². The van der Waals surface area contributed by atoms with Crippen LogP contribution in [0.15, 0.2) is 0 Å². The van der Waals surface area contributed by atoms with Crippen LogP contribution in [0.4, 0.5) is 9.59 Å². The second kappa shape index (κ2) is 4.82. The molecule has 2 aliphatic rings. The molecule has 1 aliphatic carbocycles. The molecule has 3 atom stereocenters. The fourth-order valence-corrected chi connectivity index (χ4v) is 3.45. The lowest BCUT2D eigenvalue weighted by molar-refractivity contribution is 0.0459. The highest BCUT2D eigenvalue weighted by Crippen LogP contribution is 2.43. The Bertz CT molecular complexity index is 402. The Morgan fingerprint density at radius 2 is 1.75 bits per heavy atom. The highest BCUT2D eigenvalue weighted by molar-refractivity contribution is 5.69. The number of carboxylic acid groups (broad SMARTS) is 1. The average molecular weight is 284 g/mol. The number of alkyl carbamates (subject to hydrolysis) is 1. The molecule has 0 aromatic heterocycles. The SMILES string of the molecule is CC(C)(C)OC(=O)N[C@@]1(C)C[C@H]2CN(C(=O)O)C[C@H]2C1. The molecule has 2 rings (SSSR count). The van der Waals surface area contributed by atoms with E-state index < -0.39 is 17.8 Å². The van der Waals surface area contributed by atoms with E-state index in [-0.39, 0.29) is 5.54 Å². The zero-order chi connectivity index (χ0) is 15.1. The summed E-state index contributed by atoms with van der Waals surface area (Å²) in [5.41, 5.74) is -0.794. The summed E-state index contributed by atoms with van der Waals surface area (Å²) in [7, 11) is 0. The molecule has 114 valence electrons. The van der Waals surface area contributed by atoms with E-state index in [9.17, 15) is 9.59 Å². The van der Waals surface area contributed by atoms with E-state index in [0.717, 1.165) is 12.8 Å². The van der Waals surface area contributed by atoms with E-state index in [4.69, 9.17) is 9.84 Å². The van der Waals surface area contributed by atoms with Gasteiger partial charge in [-0.25, -0.2) is 9.59 Å². The molecule has 2 amide bonds. The maximum absolute atomic E-state index is 11.9. The minimum atomic E-state index is -0.846. The van der Waals surface area contributed by atoms with Crippen molar-refractivity contribution >= 4 is 12.2 Å². The molecule has 1 saturated heterocycles. The molecule has 2 N–H and O–H groups in total. The van der Waals surface area contributed by atoms with Crippen molar-refractivity contribution in [2.45, 2.75) is 51.7 Å². The molecule has 2 fully saturated rings. The Morgan fingerprint density at radius 1 is 1.25 bits per heavy atom. The number of hydrogen-bond acceptors (Lipinski definition) is 3. The van der Waals surface area contributed by atoms with Gasteiger partial charge in [-0.1, -0.05) is 0 Å². The lowest BCUT2D eigenvalue weighted by Gasteiger charge is -2.29. The summed E-state index contributed by atoms with van der Waals surface area (Å²) in [6, 6.07) is 0. The lowest BCUT2D eigenvalue weighted by atomic mass is 9.98. The summed E-state index contributed by atoms with van der Waals surface area (Å²) in [4.78, 5) is 24.3. The number of likely N-dealkylation sites (tertiary alicyclic amines) is 1. The highest BCUT2D eigenvalue weighted by atomic mass is 16.6. The number of ether oxygens (including phenoxy) is 1. The number of nitrogens with one attached hydrogen (secondary N) is 1. The first kappa shape index (κ1) is 14.9. The third kappa shape index (κ3) is 3.35. The van der Waals surface area contributed by atoms with Crippen molar-refractivity contribution in [2.24, 2.45) is 11.8 Å². The number of carbonyl (C=O) groups excluding carboxylic acids is 1. The maximum atomic E-state index is 11.9. The predicted octanol–water partition coefficient (Wildman–Crippen LogP) is 2.29. The Morgan fingerprint density at radius 3 is 2.15 bits per heavy atom. The third-order valence-corrected chi connectivity index (χ3v) is 4.08. The highest BCUT2D eigenvalue weighted by Gasteiger charge is 2.48. The Hall–Kier alpha value is -1.46. The largest absolute Gasteiger partial charge is 0.465 e. The zero-order valence-corrected chi connectivity index (χ0v) is 12.6. The quantitative estimate of drug-likeness (QED) is 0.774. The Kier molecular flexibility index (Phi) is 3.60. The molecule has 0 aromatic rings. The first-order valence-electron chi connectivity index (χ1n) is 7.07. The smallest absolute Gasteiger partial charge is 0.408 e. The second-order valence-electron chi connectivity index (χ2n) is 7.30. The molecule has 1 aliphatic heterocycles. The fourth-order valence-electron chi connectivity index (χ4n) is 3.45. The van der Waals surface area contributed by atoms with Crippen LogP contribution in [0.2, 0.25) is 0 Å². The number of amides is 2. The second-order valence-corrected chi connectivity index (χ2v) is 7.30. The molecule has 6 nitrogen and oxygen atoms in total. The average Bonchev–Trinajstić information content (AvgIpc) is 2.68. The summed E-state index contributed by atoms with van der Waals surface area (Å²) in [5, 5.41) is 12.0. The molecular weight excluding hydrogens is 260 g/mol. The van der Waals surface area contributed by atoms with Crippen LogP contribution in [0, 0.1) is 11.8 Å². The van der Waals surface area contributed by atoms with E-state index in [1.807, 2.05) is 27.7 Å². The monoisotopic (exact) mass is 284 g/mol. The molecule has 1 heterocycles. The van der Waals surface area contributed by atoms with Crippen molar-refractivity contribution in [1.29, 1.82) is 0 Å². The minimum absolute atomic E-state index is 0.289. The van der Waals surface area contributed by atoms with E-state index in [1.54, 1.807) is 0 Å². The van der Waals surface area contributed by atoms with Crippen molar-refractivity contribution < 1.29 is 19.4 Å². The number of carbonyl (C=O) groups is 2. The van der Waals surface area contributed by atoms with Crippen LogP contribution in [0.25, 0.3) is 0 Å². The Labute approximate surface area is 119 Å². The van der Waals surface area contributed by atoms with Gasteiger partial charge in [-0.05, 0) is 52.4 Å². The van der Waals surface area contributed by atoms with Crippen LogP contribution in [0.5, 0.6) is 0 Å². The lowest BCUT2D eigenvalue weighted by Crippen LogP contribution is -2.47. The van der Waals surface area contributed by atoms with Crippen LogP contribution in [0.3, 0.4) is 0 Å². The van der Waals surface area contributed by atoms with Gasteiger partial charge in [0.05, 0.1) is 0 Å².